The van der Waals surface area contributed by atoms with Crippen LogP contribution < -0.4 is 9.80 Å². The summed E-state index contributed by atoms with van der Waals surface area (Å²) in [5, 5.41) is 33.6. The van der Waals surface area contributed by atoms with Gasteiger partial charge in [-0.2, -0.15) is 0 Å². The highest BCUT2D eigenvalue weighted by atomic mass is 32.1. The Labute approximate surface area is 622 Å². The summed E-state index contributed by atoms with van der Waals surface area (Å²) in [6.45, 7) is 17.1. The number of amides is 4. The molecule has 0 unspecified atom stereocenters. The van der Waals surface area contributed by atoms with Crippen LogP contribution in [0.15, 0.2) is 202 Å². The van der Waals surface area contributed by atoms with E-state index in [0.29, 0.717) is 44.4 Å². The molecule has 0 fully saturated rings. The van der Waals surface area contributed by atoms with Crippen LogP contribution in [0, 0.1) is 0 Å². The third-order valence-corrected chi connectivity index (χ3v) is 28.0. The maximum absolute atomic E-state index is 16.3. The molecule has 0 saturated heterocycles. The van der Waals surface area contributed by atoms with Crippen LogP contribution in [0.5, 0.6) is 0 Å². The molecule has 21 rings (SSSR count). The number of para-hydroxylation sites is 2. The van der Waals surface area contributed by atoms with Crippen molar-refractivity contribution in [2.45, 2.75) is 79.1 Å². The van der Waals surface area contributed by atoms with Crippen LogP contribution in [0.2, 0.25) is 0 Å². The first kappa shape index (κ1) is 62.3. The summed E-state index contributed by atoms with van der Waals surface area (Å²) >= 11 is 10.2. The minimum Gasteiger partial charge on any atom is -0.268 e. The van der Waals surface area contributed by atoms with E-state index in [9.17, 15) is 0 Å². The molecule has 0 radical (unpaired) electrons. The smallest absolute Gasteiger partial charge is 0.266 e. The van der Waals surface area contributed by atoms with Gasteiger partial charge in [0.1, 0.15) is 0 Å². The minimum atomic E-state index is -0.310. The number of fused-ring (bicyclic) bond motifs is 6. The third-order valence-electron chi connectivity index (χ3n) is 22.6. The van der Waals surface area contributed by atoms with E-state index >= 15 is 19.2 Å². The van der Waals surface area contributed by atoms with Crippen molar-refractivity contribution in [1.82, 2.24) is 0 Å². The molecule has 0 spiro atoms. The van der Waals surface area contributed by atoms with Gasteiger partial charge in [-0.05, 0) is 237 Å². The zero-order valence-corrected chi connectivity index (χ0v) is 62.8. The average molecular weight is 1450 g/mol. The van der Waals surface area contributed by atoms with E-state index in [1.54, 1.807) is 68.0 Å². The van der Waals surface area contributed by atoms with Crippen molar-refractivity contribution >= 4 is 211 Å². The van der Waals surface area contributed by atoms with Gasteiger partial charge < -0.3 is 0 Å². The zero-order chi connectivity index (χ0) is 70.3. The summed E-state index contributed by atoms with van der Waals surface area (Å²) in [7, 11) is 0. The maximum Gasteiger partial charge on any atom is 0.266 e. The Balaban J connectivity index is 0.951. The lowest BCUT2D eigenvalue weighted by Gasteiger charge is -2.34. The summed E-state index contributed by atoms with van der Waals surface area (Å²) in [6.07, 6.45) is 0. The lowest BCUT2D eigenvalue weighted by atomic mass is 9.75. The molecule has 12 heteroatoms. The van der Waals surface area contributed by atoms with Crippen molar-refractivity contribution in [3.8, 4) is 62.6 Å². The molecule has 6 nitrogen and oxygen atoms in total. The number of imide groups is 2. The van der Waals surface area contributed by atoms with E-state index in [1.807, 2.05) is 0 Å². The Morgan fingerprint density at radius 3 is 0.692 bits per heavy atom. The number of carbonyl (C=O) groups excluding carboxylic acids is 4. The predicted molar refractivity (Wildman–Crippen MR) is 446 cm³/mol. The van der Waals surface area contributed by atoms with Crippen molar-refractivity contribution in [3.05, 3.63) is 247 Å². The van der Waals surface area contributed by atoms with E-state index < -0.39 is 0 Å². The standard InChI is InChI=1S/C92H62N2O4S6/c1-43(2)47-17-9-18-48(44(3)4)87(47)93-89(95)63-39-57(69-23-13-33-101-69)75-51-27-29-53-74-56(68-22-12-32-100-68)38-62-78-52(28-30-54(84(74)78)73-55(67-21-11-31-99-67)37-61(77(51)83(53)73)79-59(71-25-15-35-103-71)41-65(91(93)97)81(63)85(75)79)76-58(70-24-14-34-102-70)40-64-82-66(42-60(80(62)86(76)82)72-26-16-36-104-72)92(98)94(90(64)96)88-49(45(5)6)19-10-20-50(88)46(7)8/h9-46H,1-8H3. The SMILES string of the molecule is CC(C)c1cccc(C(C)C)c1N1C(=O)c2cc(-c3cccs3)c3c4ccc5c6c(-c7cccs7)cc7c8c(-c9cccs9)cc9c%10c(cc(-c%11cccs%11)c(c%11ccc(c%12c(-c%13cccs%13)cc(c%13c(-c%14cccs%14)cc(c2c3%13)C1=O)c4c5%12)c6c%117)c%108)C(=O)N(c1c(C(C)C)cccc1C(C)C)C9=O. The molecule has 4 amide bonds. The molecule has 0 aliphatic carbocycles. The molecule has 104 heavy (non-hydrogen) atoms. The van der Waals surface area contributed by atoms with Gasteiger partial charge >= 0.3 is 0 Å². The van der Waals surface area contributed by atoms with Gasteiger partial charge in [-0.25, -0.2) is 9.80 Å². The lowest BCUT2D eigenvalue weighted by Crippen LogP contribution is -2.42. The molecule has 0 N–H and O–H groups in total. The highest BCUT2D eigenvalue weighted by Crippen LogP contribution is 2.61. The van der Waals surface area contributed by atoms with Crippen LogP contribution >= 0.6 is 68.0 Å². The van der Waals surface area contributed by atoms with Gasteiger partial charge in [-0.1, -0.05) is 152 Å². The van der Waals surface area contributed by atoms with Crippen molar-refractivity contribution in [1.29, 1.82) is 0 Å². The molecular weight excluding hydrogens is 1390 g/mol. The van der Waals surface area contributed by atoms with Gasteiger partial charge in [0.15, 0.2) is 0 Å². The molecule has 2 aliphatic heterocycles. The second-order valence-electron chi connectivity index (χ2n) is 29.3. The Morgan fingerprint density at radius 2 is 0.452 bits per heavy atom. The first-order chi connectivity index (χ1) is 50.7. The highest BCUT2D eigenvalue weighted by molar-refractivity contribution is 7.15. The van der Waals surface area contributed by atoms with Gasteiger partial charge in [0.25, 0.3) is 23.6 Å². The number of thiophene rings is 6. The molecule has 8 heterocycles. The molecule has 0 saturated carbocycles. The van der Waals surface area contributed by atoms with Crippen molar-refractivity contribution in [2.75, 3.05) is 9.80 Å². The fourth-order valence-corrected chi connectivity index (χ4v) is 22.8. The zero-order valence-electron chi connectivity index (χ0n) is 57.9. The van der Waals surface area contributed by atoms with E-state index in [4.69, 9.17) is 0 Å². The monoisotopic (exact) mass is 1450 g/mol. The number of rotatable bonds is 12. The van der Waals surface area contributed by atoms with Crippen molar-refractivity contribution in [2.24, 2.45) is 0 Å². The number of benzene rings is 13. The highest BCUT2D eigenvalue weighted by Gasteiger charge is 2.43. The van der Waals surface area contributed by atoms with E-state index in [2.05, 4.69) is 258 Å². The minimum absolute atomic E-state index is 0.0359. The number of hydrogen-bond acceptors (Lipinski definition) is 10. The Hall–Kier alpha value is -10.3. The van der Waals surface area contributed by atoms with E-state index in [0.717, 1.165) is 182 Å². The number of carbonyl (C=O) groups is 4. The van der Waals surface area contributed by atoms with Crippen LogP contribution in [0.25, 0.3) is 170 Å². The van der Waals surface area contributed by atoms with Gasteiger partial charge in [-0.15, -0.1) is 68.0 Å². The largest absolute Gasteiger partial charge is 0.268 e. The van der Waals surface area contributed by atoms with Gasteiger partial charge in [0.05, 0.1) is 11.4 Å². The van der Waals surface area contributed by atoms with Crippen LogP contribution in [0.4, 0.5) is 11.4 Å². The molecular formula is C92H62N2O4S6. The van der Waals surface area contributed by atoms with Crippen molar-refractivity contribution in [3.63, 3.8) is 0 Å². The molecule has 13 aromatic carbocycles. The van der Waals surface area contributed by atoms with Crippen LogP contribution in [0.3, 0.4) is 0 Å². The molecule has 500 valence electrons. The molecule has 19 aromatic rings. The number of nitrogens with zero attached hydrogens (tertiary/aromatic N) is 2. The van der Waals surface area contributed by atoms with Gasteiger partial charge in [0, 0.05) is 106 Å². The van der Waals surface area contributed by atoms with Crippen molar-refractivity contribution < 1.29 is 19.2 Å². The van der Waals surface area contributed by atoms with E-state index in [1.165, 1.54) is 9.80 Å². The maximum atomic E-state index is 16.3. The third kappa shape index (κ3) is 8.29. The second kappa shape index (κ2) is 22.6. The van der Waals surface area contributed by atoms with E-state index in [-0.39, 0.29) is 47.3 Å². The predicted octanol–water partition coefficient (Wildman–Crippen LogP) is 28.0. The average Bonchev–Trinajstić information content (AvgIpc) is 0.819. The number of anilines is 2. The fourth-order valence-electron chi connectivity index (χ4n) is 18.4. The molecule has 0 atom stereocenters. The summed E-state index contributed by atoms with van der Waals surface area (Å²) in [4.78, 5) is 74.5. The fraction of sp³-hybridized carbons (Fsp3) is 0.130. The number of hydrogen-bond donors (Lipinski definition) is 0. The van der Waals surface area contributed by atoms with Gasteiger partial charge in [-0.3, -0.25) is 19.2 Å². The first-order valence-electron chi connectivity index (χ1n) is 35.6. The van der Waals surface area contributed by atoms with Crippen LogP contribution in [-0.4, -0.2) is 23.6 Å². The normalized spacial score (nSPS) is 13.8. The summed E-state index contributed by atoms with van der Waals surface area (Å²) in [5.41, 5.74) is 13.4. The molecule has 6 aromatic heterocycles. The molecule has 2 aliphatic rings. The first-order valence-corrected chi connectivity index (χ1v) is 40.9. The molecule has 0 bridgehead atoms. The summed E-state index contributed by atoms with van der Waals surface area (Å²) in [5.74, 6) is -1.10. The Bertz CT molecular complexity index is 6400. The Morgan fingerprint density at radius 1 is 0.221 bits per heavy atom. The topological polar surface area (TPSA) is 74.8 Å². The second-order valence-corrected chi connectivity index (χ2v) is 35.0. The summed E-state index contributed by atoms with van der Waals surface area (Å²) < 4.78 is 0. The van der Waals surface area contributed by atoms with Crippen LogP contribution in [0.1, 0.15) is 143 Å². The van der Waals surface area contributed by atoms with Gasteiger partial charge in [0.2, 0.25) is 0 Å². The quantitative estimate of drug-likeness (QED) is 0.0694. The Kier molecular flexibility index (Phi) is 13.5. The van der Waals surface area contributed by atoms with Crippen LogP contribution in [-0.2, 0) is 0 Å². The summed E-state index contributed by atoms with van der Waals surface area (Å²) in [6, 6.07) is 61.3. The lowest BCUT2D eigenvalue weighted by molar-refractivity contribution is 0.0877.